The molecule has 0 spiro atoms. The van der Waals surface area contributed by atoms with Gasteiger partial charge in [-0.15, -0.1) is 0 Å². The number of oxazole rings is 1. The van der Waals surface area contributed by atoms with E-state index in [4.69, 9.17) is 36.2 Å². The Hall–Kier alpha value is -7.93. The second-order valence-electron chi connectivity index (χ2n) is 18.4. The number of nitrogens with two attached hydrogens (primary N) is 3. The van der Waals surface area contributed by atoms with Crippen molar-refractivity contribution in [2.75, 3.05) is 120 Å². The van der Waals surface area contributed by atoms with Crippen LogP contribution >= 0.6 is 0 Å². The van der Waals surface area contributed by atoms with Gasteiger partial charge in [-0.3, -0.25) is 19.3 Å². The van der Waals surface area contributed by atoms with Crippen LogP contribution in [0.15, 0.2) is 71.9 Å². The maximum Gasteiger partial charge on any atom is 0.292 e. The van der Waals surface area contributed by atoms with Crippen LogP contribution in [0.2, 0.25) is 0 Å². The number of benzene rings is 2. The van der Waals surface area contributed by atoms with Crippen LogP contribution < -0.4 is 32.3 Å². The minimum atomic E-state index is -0.297. The summed E-state index contributed by atoms with van der Waals surface area (Å²) in [5.41, 5.74) is 25.6. The molecule has 3 aliphatic heterocycles. The van der Waals surface area contributed by atoms with Crippen LogP contribution in [0.25, 0.3) is 33.4 Å². The number of aromatic nitrogens is 9. The van der Waals surface area contributed by atoms with E-state index in [9.17, 15) is 14.4 Å². The quantitative estimate of drug-likeness (QED) is 0.0834. The first-order valence-corrected chi connectivity index (χ1v) is 24.9. The van der Waals surface area contributed by atoms with E-state index in [0.29, 0.717) is 123 Å². The monoisotopic (exact) mass is 1010 g/mol. The topological polar surface area (TPSA) is 297 Å². The van der Waals surface area contributed by atoms with Gasteiger partial charge in [0.15, 0.2) is 11.2 Å². The van der Waals surface area contributed by atoms with Crippen molar-refractivity contribution in [1.82, 2.24) is 64.7 Å². The van der Waals surface area contributed by atoms with Gasteiger partial charge in [0.25, 0.3) is 11.9 Å². The molecule has 7 N–H and O–H groups in total. The number of hydrogen-bond acceptors (Lipinski definition) is 20. The zero-order valence-electron chi connectivity index (χ0n) is 41.1. The van der Waals surface area contributed by atoms with Crippen LogP contribution in [0, 0.1) is 0 Å². The maximum absolute atomic E-state index is 13.2. The van der Waals surface area contributed by atoms with E-state index in [2.05, 4.69) is 73.1 Å². The lowest BCUT2D eigenvalue weighted by Gasteiger charge is -2.35. The molecular weight excluding hydrogens is 949 g/mol. The predicted octanol–water partition coefficient (Wildman–Crippen LogP) is 1.48. The van der Waals surface area contributed by atoms with Crippen molar-refractivity contribution in [2.24, 2.45) is 5.73 Å². The summed E-state index contributed by atoms with van der Waals surface area (Å²) < 4.78 is 18.9. The Labute approximate surface area is 426 Å². The standard InChI is InChI=1S/C50H60N18O6/c51-25-34-26-55-49(56-27-34)66-16-14-64(15-17-66)41(69)6-20-73-22-18-63-10-12-65(13-11-63)50-57-28-38(29-58-50)47(71)54-8-21-72-19-7-42(70)67-9-5-35-23-33(1-2-37(35)31-67)30-68-46-43(45(52)59-32-60-46)44(62-68)36-3-4-40-39(24-36)61-48(53)74-40/h1-4,23-24,26-29,32H,5-22,25,30-31,51H2,(H2,53,61)(H,54,71)(H2,52,59,60). The van der Waals surface area contributed by atoms with Gasteiger partial charge in [-0.1, -0.05) is 18.2 Å². The molecule has 24 heteroatoms. The lowest BCUT2D eigenvalue weighted by Crippen LogP contribution is -2.49. The number of nitrogens with zero attached hydrogens (tertiary/aromatic N) is 14. The fourth-order valence-corrected chi connectivity index (χ4v) is 9.44. The summed E-state index contributed by atoms with van der Waals surface area (Å²) in [4.78, 5) is 79.8. The summed E-state index contributed by atoms with van der Waals surface area (Å²) in [7, 11) is 0. The summed E-state index contributed by atoms with van der Waals surface area (Å²) in [6, 6.07) is 11.9. The fourth-order valence-electron chi connectivity index (χ4n) is 9.44. The molecule has 0 bridgehead atoms. The van der Waals surface area contributed by atoms with Crippen molar-refractivity contribution in [3.63, 3.8) is 0 Å². The second kappa shape index (κ2) is 22.9. The Morgan fingerprint density at radius 3 is 2.15 bits per heavy atom. The molecule has 0 atom stereocenters. The van der Waals surface area contributed by atoms with Gasteiger partial charge in [0.2, 0.25) is 23.7 Å². The largest absolute Gasteiger partial charge is 0.424 e. The van der Waals surface area contributed by atoms with Crippen LogP contribution in [0.5, 0.6) is 0 Å². The molecule has 8 heterocycles. The molecule has 7 aromatic rings. The van der Waals surface area contributed by atoms with E-state index in [1.54, 1.807) is 18.5 Å². The zero-order chi connectivity index (χ0) is 51.0. The number of carbonyl (C=O) groups excluding carboxylic acids is 3. The SMILES string of the molecule is NCc1cnc(N2CCN(C(=O)CCOCCN3CCN(c4ncc(C(=O)NCCOCCC(=O)N5CCc6cc(Cn7nc(-c8ccc9oc(N)nc9c8)c8c(N)ncnc87)ccc6C5)cn4)CC3)CC2)nc1. The Morgan fingerprint density at radius 2 is 1.41 bits per heavy atom. The highest BCUT2D eigenvalue weighted by molar-refractivity contribution is 5.99. The number of amides is 3. The lowest BCUT2D eigenvalue weighted by molar-refractivity contribution is -0.133. The van der Waals surface area contributed by atoms with Gasteiger partial charge in [0, 0.05) is 121 Å². The molecular formula is C50H60N18O6. The number of nitrogens with one attached hydrogen (secondary N) is 1. The summed E-state index contributed by atoms with van der Waals surface area (Å²) in [5, 5.41) is 8.43. The van der Waals surface area contributed by atoms with Gasteiger partial charge in [0.1, 0.15) is 23.4 Å². The molecule has 2 aromatic carbocycles. The first-order valence-electron chi connectivity index (χ1n) is 24.9. The van der Waals surface area contributed by atoms with Gasteiger partial charge in [0.05, 0.1) is 56.8 Å². The summed E-state index contributed by atoms with van der Waals surface area (Å²) in [5.74, 6) is 1.38. The summed E-state index contributed by atoms with van der Waals surface area (Å²) in [6.45, 7) is 10.2. The molecule has 3 amide bonds. The fraction of sp³-hybridized carbons (Fsp3) is 0.420. The number of hydrogen-bond donors (Lipinski definition) is 4. The maximum atomic E-state index is 13.2. The molecule has 0 unspecified atom stereocenters. The van der Waals surface area contributed by atoms with Crippen LogP contribution in [-0.4, -0.2) is 176 Å². The van der Waals surface area contributed by atoms with E-state index in [0.717, 1.165) is 61.4 Å². The van der Waals surface area contributed by atoms with Crippen LogP contribution in [0.1, 0.15) is 45.5 Å². The van der Waals surface area contributed by atoms with Crippen LogP contribution in [0.3, 0.4) is 0 Å². The van der Waals surface area contributed by atoms with Crippen molar-refractivity contribution < 1.29 is 28.3 Å². The van der Waals surface area contributed by atoms with Crippen molar-refractivity contribution in [2.45, 2.75) is 38.9 Å². The Balaban J connectivity index is 0.587. The smallest absolute Gasteiger partial charge is 0.292 e. The normalized spacial score (nSPS) is 15.3. The van der Waals surface area contributed by atoms with Crippen molar-refractivity contribution in [3.8, 4) is 11.3 Å². The number of nitrogen functional groups attached to an aromatic ring is 2. The van der Waals surface area contributed by atoms with Crippen molar-refractivity contribution in [1.29, 1.82) is 0 Å². The predicted molar refractivity (Wildman–Crippen MR) is 274 cm³/mol. The average molecular weight is 1010 g/mol. The van der Waals surface area contributed by atoms with Crippen molar-refractivity contribution in [3.05, 3.63) is 95.3 Å². The number of anilines is 4. The minimum absolute atomic E-state index is 0.0146. The van der Waals surface area contributed by atoms with E-state index < -0.39 is 0 Å². The van der Waals surface area contributed by atoms with Gasteiger partial charge >= 0.3 is 0 Å². The summed E-state index contributed by atoms with van der Waals surface area (Å²) >= 11 is 0. The number of ether oxygens (including phenoxy) is 2. The average Bonchev–Trinajstić information content (AvgIpc) is 4.01. The minimum Gasteiger partial charge on any atom is -0.424 e. The molecule has 386 valence electrons. The molecule has 10 rings (SSSR count). The second-order valence-corrected chi connectivity index (χ2v) is 18.4. The third-order valence-electron chi connectivity index (χ3n) is 13.6. The van der Waals surface area contributed by atoms with E-state index in [-0.39, 0.29) is 49.9 Å². The Kier molecular flexibility index (Phi) is 15.3. The lowest BCUT2D eigenvalue weighted by atomic mass is 9.97. The highest BCUT2D eigenvalue weighted by Gasteiger charge is 2.25. The highest BCUT2D eigenvalue weighted by atomic mass is 16.5. The van der Waals surface area contributed by atoms with E-state index in [1.807, 2.05) is 26.6 Å². The molecule has 0 saturated carbocycles. The Morgan fingerprint density at radius 1 is 0.703 bits per heavy atom. The number of piperazine rings is 2. The molecule has 5 aromatic heterocycles. The van der Waals surface area contributed by atoms with Gasteiger partial charge in [-0.05, 0) is 41.3 Å². The zero-order valence-corrected chi connectivity index (χ0v) is 41.1. The van der Waals surface area contributed by atoms with Gasteiger partial charge in [-0.25, -0.2) is 34.6 Å². The third kappa shape index (κ3) is 11.6. The molecule has 24 nitrogen and oxygen atoms in total. The first-order chi connectivity index (χ1) is 36.1. The number of rotatable bonds is 19. The van der Waals surface area contributed by atoms with Crippen LogP contribution in [-0.2, 0) is 45.1 Å². The van der Waals surface area contributed by atoms with Crippen LogP contribution in [0.4, 0.5) is 23.7 Å². The summed E-state index contributed by atoms with van der Waals surface area (Å²) in [6.07, 6.45) is 9.31. The Bertz CT molecular complexity index is 3080. The number of fused-ring (bicyclic) bond motifs is 3. The molecule has 0 aliphatic carbocycles. The molecule has 2 saturated heterocycles. The molecule has 74 heavy (non-hydrogen) atoms. The molecule has 2 fully saturated rings. The van der Waals surface area contributed by atoms with Gasteiger partial charge < -0.3 is 56.0 Å². The molecule has 3 aliphatic rings. The number of carbonyl (C=O) groups is 3. The van der Waals surface area contributed by atoms with E-state index in [1.165, 1.54) is 24.3 Å². The van der Waals surface area contributed by atoms with E-state index >= 15 is 0 Å². The third-order valence-corrected chi connectivity index (χ3v) is 13.6. The van der Waals surface area contributed by atoms with Crippen molar-refractivity contribution >= 4 is 63.6 Å². The first kappa shape index (κ1) is 49.6. The molecule has 0 radical (unpaired) electrons. The highest BCUT2D eigenvalue weighted by Crippen LogP contribution is 2.33. The van der Waals surface area contributed by atoms with Gasteiger partial charge in [-0.2, -0.15) is 10.1 Å².